The van der Waals surface area contributed by atoms with E-state index in [-0.39, 0.29) is 5.92 Å². The number of aromatic nitrogens is 3. The molecule has 0 N–H and O–H groups in total. The van der Waals surface area contributed by atoms with Crippen molar-refractivity contribution in [2.45, 2.75) is 25.2 Å². The minimum Gasteiger partial charge on any atom is -0.460 e. The lowest BCUT2D eigenvalue weighted by atomic mass is 9.88. The second-order valence-corrected chi connectivity index (χ2v) is 12.2. The second-order valence-electron chi connectivity index (χ2n) is 12.2. The highest BCUT2D eigenvalue weighted by molar-refractivity contribution is 6.09. The first kappa shape index (κ1) is 27.4. The molecule has 1 unspecified atom stereocenters. The van der Waals surface area contributed by atoms with E-state index >= 15 is 0 Å². The molecule has 0 saturated heterocycles. The summed E-state index contributed by atoms with van der Waals surface area (Å²) >= 11 is 0. The fourth-order valence-electron chi connectivity index (χ4n) is 7.02. The Bertz CT molecular complexity index is 2370. The van der Waals surface area contributed by atoms with Crippen molar-refractivity contribution in [2.24, 2.45) is 0 Å². The molecule has 4 heteroatoms. The van der Waals surface area contributed by atoms with E-state index in [0.29, 0.717) is 11.6 Å². The normalized spacial score (nSPS) is 15.6. The highest BCUT2D eigenvalue weighted by Gasteiger charge is 2.28. The lowest BCUT2D eigenvalue weighted by molar-refractivity contribution is 0.545. The molecule has 47 heavy (non-hydrogen) atoms. The topological polar surface area (TPSA) is 51.8 Å². The first-order valence-electron chi connectivity index (χ1n) is 16.3. The third kappa shape index (κ3) is 4.90. The SMILES string of the molecule is C1=CCC(c2nc(C3=CCCc4oc5cccc(-c6cccc7ccccc67)c5c43)nc(-c3ccc(-c4ccccc4)cc3)n2)C=C1. The van der Waals surface area contributed by atoms with Gasteiger partial charge in [0.05, 0.1) is 0 Å². The summed E-state index contributed by atoms with van der Waals surface area (Å²) in [5, 5.41) is 3.55. The molecule has 7 aromatic rings. The molecule has 0 bridgehead atoms. The fraction of sp³-hybridized carbons (Fsp3) is 0.0930. The van der Waals surface area contributed by atoms with Gasteiger partial charge in [-0.25, -0.2) is 15.0 Å². The first-order valence-corrected chi connectivity index (χ1v) is 16.3. The largest absolute Gasteiger partial charge is 0.460 e. The van der Waals surface area contributed by atoms with Crippen LogP contribution in [0.4, 0.5) is 0 Å². The average molecular weight is 606 g/mol. The van der Waals surface area contributed by atoms with Crippen molar-refractivity contribution in [3.05, 3.63) is 169 Å². The van der Waals surface area contributed by atoms with Crippen LogP contribution >= 0.6 is 0 Å². The molecule has 5 aromatic carbocycles. The zero-order chi connectivity index (χ0) is 31.2. The summed E-state index contributed by atoms with van der Waals surface area (Å²) in [6, 6.07) is 40.5. The van der Waals surface area contributed by atoms with Crippen molar-refractivity contribution < 1.29 is 4.42 Å². The molecule has 0 amide bonds. The number of rotatable bonds is 5. The maximum Gasteiger partial charge on any atom is 0.164 e. The number of benzene rings is 5. The van der Waals surface area contributed by atoms with E-state index in [9.17, 15) is 0 Å². The van der Waals surface area contributed by atoms with Crippen LogP contribution in [0.25, 0.3) is 61.0 Å². The van der Waals surface area contributed by atoms with E-state index in [4.69, 9.17) is 19.4 Å². The van der Waals surface area contributed by atoms with Crippen LogP contribution in [0, 0.1) is 0 Å². The molecular weight excluding hydrogens is 574 g/mol. The first-order chi connectivity index (χ1) is 23.3. The highest BCUT2D eigenvalue weighted by atomic mass is 16.3. The number of fused-ring (bicyclic) bond motifs is 4. The molecule has 4 nitrogen and oxygen atoms in total. The Hall–Kier alpha value is -5.87. The van der Waals surface area contributed by atoms with Crippen LogP contribution in [0.2, 0.25) is 0 Å². The zero-order valence-electron chi connectivity index (χ0n) is 25.8. The Morgan fingerprint density at radius 3 is 2.23 bits per heavy atom. The summed E-state index contributed by atoms with van der Waals surface area (Å²) in [6.45, 7) is 0. The van der Waals surface area contributed by atoms with Gasteiger partial charge in [0.25, 0.3) is 0 Å². The molecule has 224 valence electrons. The molecule has 0 spiro atoms. The van der Waals surface area contributed by atoms with Gasteiger partial charge in [-0.05, 0) is 51.9 Å². The van der Waals surface area contributed by atoms with Crippen LogP contribution in [-0.2, 0) is 6.42 Å². The molecule has 0 fully saturated rings. The summed E-state index contributed by atoms with van der Waals surface area (Å²) in [5.41, 5.74) is 8.66. The van der Waals surface area contributed by atoms with Crippen molar-refractivity contribution in [3.63, 3.8) is 0 Å². The molecule has 1 atom stereocenters. The second kappa shape index (κ2) is 11.5. The van der Waals surface area contributed by atoms with Crippen molar-refractivity contribution in [2.75, 3.05) is 0 Å². The van der Waals surface area contributed by atoms with Crippen LogP contribution in [0.5, 0.6) is 0 Å². The number of aryl methyl sites for hydroxylation is 1. The van der Waals surface area contributed by atoms with Crippen molar-refractivity contribution in [1.82, 2.24) is 15.0 Å². The van der Waals surface area contributed by atoms with E-state index in [0.717, 1.165) is 69.6 Å². The van der Waals surface area contributed by atoms with E-state index in [1.54, 1.807) is 0 Å². The van der Waals surface area contributed by atoms with Gasteiger partial charge in [-0.2, -0.15) is 0 Å². The van der Waals surface area contributed by atoms with Crippen LogP contribution in [0.3, 0.4) is 0 Å². The number of hydrogen-bond acceptors (Lipinski definition) is 4. The Labute approximate surface area is 273 Å². The van der Waals surface area contributed by atoms with Crippen molar-refractivity contribution in [1.29, 1.82) is 0 Å². The van der Waals surface area contributed by atoms with Crippen LogP contribution < -0.4 is 0 Å². The monoisotopic (exact) mass is 605 g/mol. The van der Waals surface area contributed by atoms with E-state index in [1.165, 1.54) is 21.9 Å². The van der Waals surface area contributed by atoms with Gasteiger partial charge in [0.15, 0.2) is 11.6 Å². The maximum atomic E-state index is 6.60. The van der Waals surface area contributed by atoms with E-state index in [1.807, 2.05) is 6.07 Å². The van der Waals surface area contributed by atoms with Crippen LogP contribution in [0.1, 0.15) is 41.7 Å². The smallest absolute Gasteiger partial charge is 0.164 e. The summed E-state index contributed by atoms with van der Waals surface area (Å²) in [5.74, 6) is 3.23. The summed E-state index contributed by atoms with van der Waals surface area (Å²) in [6.07, 6.45) is 13.4. The molecule has 2 aromatic heterocycles. The van der Waals surface area contributed by atoms with Gasteiger partial charge in [-0.3, -0.25) is 0 Å². The summed E-state index contributed by atoms with van der Waals surface area (Å²) < 4.78 is 6.60. The summed E-state index contributed by atoms with van der Waals surface area (Å²) in [4.78, 5) is 15.5. The van der Waals surface area contributed by atoms with Gasteiger partial charge in [-0.1, -0.05) is 140 Å². The summed E-state index contributed by atoms with van der Waals surface area (Å²) in [7, 11) is 0. The molecular formula is C43H31N3O. The predicted octanol–water partition coefficient (Wildman–Crippen LogP) is 10.7. The quantitative estimate of drug-likeness (QED) is 0.196. The van der Waals surface area contributed by atoms with Gasteiger partial charge in [0, 0.05) is 34.4 Å². The molecule has 0 aliphatic heterocycles. The number of allylic oxidation sites excluding steroid dienone is 5. The third-order valence-corrected chi connectivity index (χ3v) is 9.31. The van der Waals surface area contributed by atoms with Gasteiger partial charge >= 0.3 is 0 Å². The number of hydrogen-bond donors (Lipinski definition) is 0. The lowest BCUT2D eigenvalue weighted by Crippen LogP contribution is -2.11. The minimum atomic E-state index is 0.0834. The number of furan rings is 1. The molecule has 0 radical (unpaired) electrons. The molecule has 2 aliphatic rings. The molecule has 2 aliphatic carbocycles. The average Bonchev–Trinajstić information content (AvgIpc) is 3.55. The van der Waals surface area contributed by atoms with Gasteiger partial charge in [0.1, 0.15) is 17.2 Å². The standard InChI is InChI=1S/C43H31N3O/c1-3-12-28(13-4-1)29-24-26-32(27-25-29)42-44-41(31-15-5-2-6-16-31)45-43(46-42)36-21-11-23-38-40(36)39-35(20-10-22-37(39)47-38)34-19-9-17-30-14-7-8-18-33(30)34/h1-10,12-15,17-22,24-27,31H,11,16,23H2. The van der Waals surface area contributed by atoms with Crippen LogP contribution in [-0.4, -0.2) is 15.0 Å². The molecule has 0 saturated carbocycles. The Kier molecular flexibility index (Phi) is 6.71. The lowest BCUT2D eigenvalue weighted by Gasteiger charge is -2.18. The van der Waals surface area contributed by atoms with Gasteiger partial charge in [-0.15, -0.1) is 0 Å². The van der Waals surface area contributed by atoms with Crippen LogP contribution in [0.15, 0.2) is 150 Å². The van der Waals surface area contributed by atoms with Crippen molar-refractivity contribution >= 4 is 27.3 Å². The highest BCUT2D eigenvalue weighted by Crippen LogP contribution is 2.44. The van der Waals surface area contributed by atoms with Gasteiger partial charge in [0.2, 0.25) is 0 Å². The van der Waals surface area contributed by atoms with Crippen molar-refractivity contribution in [3.8, 4) is 33.6 Å². The fourth-order valence-corrected chi connectivity index (χ4v) is 7.02. The zero-order valence-corrected chi connectivity index (χ0v) is 25.8. The Morgan fingerprint density at radius 1 is 0.617 bits per heavy atom. The molecule has 2 heterocycles. The van der Waals surface area contributed by atoms with Gasteiger partial charge < -0.3 is 4.42 Å². The molecule has 9 rings (SSSR count). The Morgan fingerprint density at radius 2 is 1.36 bits per heavy atom. The van der Waals surface area contributed by atoms with E-state index < -0.39 is 0 Å². The maximum absolute atomic E-state index is 6.60. The minimum absolute atomic E-state index is 0.0834. The Balaban J connectivity index is 1.22. The van der Waals surface area contributed by atoms with E-state index in [2.05, 4.69) is 140 Å². The predicted molar refractivity (Wildman–Crippen MR) is 191 cm³/mol. The third-order valence-electron chi connectivity index (χ3n) is 9.31. The number of nitrogens with zero attached hydrogens (tertiary/aromatic N) is 3.